The van der Waals surface area contributed by atoms with Crippen molar-refractivity contribution >= 4 is 131 Å². The van der Waals surface area contributed by atoms with Crippen molar-refractivity contribution in [3.05, 3.63) is 456 Å². The Bertz CT molecular complexity index is 8150. The lowest BCUT2D eigenvalue weighted by Crippen LogP contribution is -2.01. The van der Waals surface area contributed by atoms with Crippen LogP contribution in [0.3, 0.4) is 0 Å². The number of benzene rings is 16. The number of fused-ring (bicyclic) bond motifs is 18. The second kappa shape index (κ2) is 30.5. The molecule has 11 heteroatoms. The standard InChI is InChI=1S/C41H27N3.C39H25N5.C35H23N3/c1-2-10-30(11-3-1)37-26-36-35-14-6-9-17-40(35)44(41(36)27-42-37)32-24-20-29(21-25-32)28-18-22-31(23-19-28)43-38-15-7-4-12-33(38)34-13-5-8-16-39(34)43;1-2-10-27(11-3-1)34-22-33-32-14-6-9-17-37(32)44(38(33)25-40-34)39-41-23-28(24-42-39)26-18-20-29(21-19-26)43-35-15-7-4-12-30(35)31-13-5-8-16-36(31)43;1-2-10-24(11-3-1)31-22-30-29-14-6-9-17-34(29)38(35(30)23-36-31)26-20-18-25(19-21-26)37-32-15-7-4-12-27(32)28-13-5-8-16-33(28)37/h1-27H;1-25H;1-23H. The van der Waals surface area contributed by atoms with Gasteiger partial charge in [0.05, 0.1) is 102 Å². The van der Waals surface area contributed by atoms with E-state index in [0.717, 1.165) is 106 Å². The third-order valence-electron chi connectivity index (χ3n) is 24.9. The van der Waals surface area contributed by atoms with Gasteiger partial charge in [-0.1, -0.05) is 291 Å². The Hall–Kier alpha value is -17.2. The topological polar surface area (TPSA) is 94.0 Å². The third-order valence-corrected chi connectivity index (χ3v) is 24.9. The zero-order chi connectivity index (χ0) is 83.1. The number of hydrogen-bond donors (Lipinski definition) is 0. The monoisotopic (exact) mass is 1610 g/mol. The lowest BCUT2D eigenvalue weighted by molar-refractivity contribution is 0.987. The summed E-state index contributed by atoms with van der Waals surface area (Å²) >= 11 is 0. The zero-order valence-corrected chi connectivity index (χ0v) is 68.2. The first-order valence-electron chi connectivity index (χ1n) is 42.6. The molecule has 0 fully saturated rings. The lowest BCUT2D eigenvalue weighted by Gasteiger charge is -2.11. The first-order chi connectivity index (χ1) is 62.5. The fraction of sp³-hybridized carbons (Fsp3) is 0. The molecule has 0 bridgehead atoms. The molecule has 26 aromatic rings. The third kappa shape index (κ3) is 12.4. The normalized spacial score (nSPS) is 11.7. The molecular formula is C115H75N11. The van der Waals surface area contributed by atoms with Gasteiger partial charge in [-0.05, 0) is 150 Å². The van der Waals surface area contributed by atoms with Crippen molar-refractivity contribution in [3.63, 3.8) is 0 Å². The molecule has 10 aromatic heterocycles. The van der Waals surface area contributed by atoms with E-state index in [2.05, 4.69) is 422 Å². The van der Waals surface area contributed by atoms with Crippen LogP contribution in [0.5, 0.6) is 0 Å². The predicted molar refractivity (Wildman–Crippen MR) is 522 cm³/mol. The van der Waals surface area contributed by atoms with Gasteiger partial charge < -0.3 is 22.8 Å². The van der Waals surface area contributed by atoms with Crippen molar-refractivity contribution in [2.24, 2.45) is 0 Å². The molecule has 126 heavy (non-hydrogen) atoms. The van der Waals surface area contributed by atoms with E-state index in [9.17, 15) is 0 Å². The van der Waals surface area contributed by atoms with Gasteiger partial charge in [0, 0.05) is 128 Å². The van der Waals surface area contributed by atoms with Crippen LogP contribution in [-0.4, -0.2) is 52.3 Å². The molecule has 0 spiro atoms. The summed E-state index contributed by atoms with van der Waals surface area (Å²) in [5, 5.41) is 14.8. The second-order valence-corrected chi connectivity index (χ2v) is 32.0. The molecular weight excluding hydrogens is 1540 g/mol. The summed E-state index contributed by atoms with van der Waals surface area (Å²) in [5.74, 6) is 0.621. The van der Waals surface area contributed by atoms with Crippen molar-refractivity contribution < 1.29 is 0 Å². The van der Waals surface area contributed by atoms with Crippen LogP contribution in [0.2, 0.25) is 0 Å². The van der Waals surface area contributed by atoms with E-state index in [1.807, 2.05) is 61.3 Å². The highest BCUT2D eigenvalue weighted by molar-refractivity contribution is 6.15. The van der Waals surface area contributed by atoms with E-state index in [-0.39, 0.29) is 0 Å². The summed E-state index contributed by atoms with van der Waals surface area (Å²) in [6.07, 6.45) is 9.77. The number of aromatic nitrogens is 11. The summed E-state index contributed by atoms with van der Waals surface area (Å²) in [4.78, 5) is 24.2. The van der Waals surface area contributed by atoms with Crippen molar-refractivity contribution in [2.75, 3.05) is 0 Å². The quantitative estimate of drug-likeness (QED) is 0.129. The Morgan fingerprint density at radius 2 is 0.317 bits per heavy atom. The summed E-state index contributed by atoms with van der Waals surface area (Å²) in [5.41, 5.74) is 30.2. The molecule has 0 saturated carbocycles. The van der Waals surface area contributed by atoms with Gasteiger partial charge in [-0.15, -0.1) is 0 Å². The highest BCUT2D eigenvalue weighted by Crippen LogP contribution is 2.42. The smallest absolute Gasteiger partial charge is 0.234 e. The largest absolute Gasteiger partial charge is 0.309 e. The first-order valence-corrected chi connectivity index (χ1v) is 42.6. The summed E-state index contributed by atoms with van der Waals surface area (Å²) in [6, 6.07) is 150. The molecule has 590 valence electrons. The van der Waals surface area contributed by atoms with Crippen LogP contribution in [0, 0.1) is 0 Å². The van der Waals surface area contributed by atoms with Gasteiger partial charge in [0.15, 0.2) is 0 Å². The summed E-state index contributed by atoms with van der Waals surface area (Å²) in [7, 11) is 0. The molecule has 26 rings (SSSR count). The molecule has 0 amide bonds. The maximum absolute atomic E-state index is 4.87. The van der Waals surface area contributed by atoms with Gasteiger partial charge in [-0.2, -0.15) is 0 Å². The Balaban J connectivity index is 0.000000106. The van der Waals surface area contributed by atoms with Crippen molar-refractivity contribution in [3.8, 4) is 90.4 Å². The molecule has 0 aliphatic rings. The van der Waals surface area contributed by atoms with E-state index in [0.29, 0.717) is 5.95 Å². The molecule has 0 atom stereocenters. The van der Waals surface area contributed by atoms with Gasteiger partial charge in [0.1, 0.15) is 0 Å². The molecule has 0 unspecified atom stereocenters. The van der Waals surface area contributed by atoms with Crippen LogP contribution in [0.15, 0.2) is 456 Å². The minimum absolute atomic E-state index is 0.621. The molecule has 0 aliphatic heterocycles. The second-order valence-electron chi connectivity index (χ2n) is 32.0. The van der Waals surface area contributed by atoms with E-state index in [4.69, 9.17) is 24.9 Å². The summed E-state index contributed by atoms with van der Waals surface area (Å²) < 4.78 is 13.8. The predicted octanol–water partition coefficient (Wildman–Crippen LogP) is 29.0. The number of nitrogens with zero attached hydrogens (tertiary/aromatic N) is 11. The van der Waals surface area contributed by atoms with Crippen molar-refractivity contribution in [1.82, 2.24) is 52.3 Å². The number of pyridine rings is 3. The van der Waals surface area contributed by atoms with Gasteiger partial charge in [-0.3, -0.25) is 19.5 Å². The summed E-state index contributed by atoms with van der Waals surface area (Å²) in [6.45, 7) is 0. The fourth-order valence-electron chi connectivity index (χ4n) is 19.0. The Labute approximate surface area is 724 Å². The van der Waals surface area contributed by atoms with Gasteiger partial charge in [0.2, 0.25) is 5.95 Å². The van der Waals surface area contributed by atoms with Crippen LogP contribution in [0.1, 0.15) is 0 Å². The Morgan fingerprint density at radius 3 is 0.571 bits per heavy atom. The molecule has 0 aliphatic carbocycles. The number of hydrogen-bond acceptors (Lipinski definition) is 5. The lowest BCUT2D eigenvalue weighted by atomic mass is 10.0. The average molecular weight is 1610 g/mol. The fourth-order valence-corrected chi connectivity index (χ4v) is 19.0. The SMILES string of the molecule is c1ccc(-c2cc3c4ccccc4n(-c4ccc(-c5ccc(-n6c7ccccc7c7ccccc76)cc5)cc4)c3cn2)cc1.c1ccc(-c2cc3c4ccccc4n(-c4ccc(-n5c6ccccc6c6ccccc65)cc4)c3cn2)cc1.c1ccc(-c2cc3c4ccccc4n(-c4ncc(-c5ccc(-n6c7ccccc7c7ccccc76)cc5)cn4)c3cn2)cc1. The van der Waals surface area contributed by atoms with Gasteiger partial charge in [0.25, 0.3) is 0 Å². The highest BCUT2D eigenvalue weighted by atomic mass is 15.2. The molecule has 10 heterocycles. The molecule has 0 saturated heterocycles. The van der Waals surface area contributed by atoms with Crippen LogP contribution < -0.4 is 0 Å². The van der Waals surface area contributed by atoms with Gasteiger partial charge in [-0.25, -0.2) is 9.97 Å². The van der Waals surface area contributed by atoms with E-state index < -0.39 is 0 Å². The number of para-hydroxylation sites is 9. The number of rotatable bonds is 11. The van der Waals surface area contributed by atoms with E-state index >= 15 is 0 Å². The maximum atomic E-state index is 4.87. The van der Waals surface area contributed by atoms with Crippen molar-refractivity contribution in [2.45, 2.75) is 0 Å². The van der Waals surface area contributed by atoms with Crippen LogP contribution in [0.4, 0.5) is 0 Å². The average Bonchev–Trinajstić information content (AvgIpc) is 1.61. The van der Waals surface area contributed by atoms with Crippen LogP contribution in [-0.2, 0) is 0 Å². The molecule has 0 N–H and O–H groups in total. The Kier molecular flexibility index (Phi) is 17.6. The molecule has 16 aromatic carbocycles. The van der Waals surface area contributed by atoms with E-state index in [1.54, 1.807) is 0 Å². The zero-order valence-electron chi connectivity index (χ0n) is 68.2. The minimum Gasteiger partial charge on any atom is -0.309 e. The van der Waals surface area contributed by atoms with Crippen molar-refractivity contribution in [1.29, 1.82) is 0 Å². The molecule has 0 radical (unpaired) electrons. The molecule has 11 nitrogen and oxygen atoms in total. The first kappa shape index (κ1) is 72.8. The maximum Gasteiger partial charge on any atom is 0.234 e. The van der Waals surface area contributed by atoms with Gasteiger partial charge >= 0.3 is 0 Å². The van der Waals surface area contributed by atoms with Crippen LogP contribution >= 0.6 is 0 Å². The van der Waals surface area contributed by atoms with Crippen LogP contribution in [0.25, 0.3) is 221 Å². The highest BCUT2D eigenvalue weighted by Gasteiger charge is 2.22. The van der Waals surface area contributed by atoms with E-state index in [1.165, 1.54) is 109 Å². The Morgan fingerprint density at radius 1 is 0.127 bits per heavy atom. The minimum atomic E-state index is 0.621.